The van der Waals surface area contributed by atoms with Crippen LogP contribution in [0.25, 0.3) is 0 Å². The van der Waals surface area contributed by atoms with Crippen molar-refractivity contribution in [3.63, 3.8) is 0 Å². The van der Waals surface area contributed by atoms with E-state index in [-0.39, 0.29) is 35.4 Å². The summed E-state index contributed by atoms with van der Waals surface area (Å²) in [7, 11) is 0. The zero-order valence-corrected chi connectivity index (χ0v) is 21.9. The second-order valence-corrected chi connectivity index (χ2v) is 12.0. The van der Waals surface area contributed by atoms with Crippen molar-refractivity contribution >= 4 is 30.0 Å². The Labute approximate surface area is 210 Å². The molecule has 0 radical (unpaired) electrons. The molecule has 0 aromatic rings. The van der Waals surface area contributed by atoms with Crippen LogP contribution in [-0.4, -0.2) is 41.6 Å². The number of allylic oxidation sites excluding steroid dienone is 1. The number of likely N-dealkylation sites (tertiary alicyclic amines) is 1. The van der Waals surface area contributed by atoms with Crippen molar-refractivity contribution in [3.05, 3.63) is 11.6 Å². The fourth-order valence-corrected chi connectivity index (χ4v) is 8.79. The van der Waals surface area contributed by atoms with Gasteiger partial charge in [-0.25, -0.2) is 4.79 Å². The van der Waals surface area contributed by atoms with Crippen molar-refractivity contribution in [1.29, 1.82) is 0 Å². The van der Waals surface area contributed by atoms with Crippen LogP contribution in [0.3, 0.4) is 0 Å². The van der Waals surface area contributed by atoms with Gasteiger partial charge in [0.2, 0.25) is 0 Å². The van der Waals surface area contributed by atoms with E-state index in [4.69, 9.17) is 10.6 Å². The Morgan fingerprint density at radius 1 is 1.15 bits per heavy atom. The molecule has 5 aliphatic rings. The predicted octanol–water partition coefficient (Wildman–Crippen LogP) is 5.49. The van der Waals surface area contributed by atoms with Gasteiger partial charge in [-0.05, 0) is 99.4 Å². The normalized spacial score (nSPS) is 41.7. The molecule has 1 amide bonds. The molecule has 7 atom stereocenters. The van der Waals surface area contributed by atoms with Crippen LogP contribution < -0.4 is 5.73 Å². The number of rotatable bonds is 3. The zero-order valence-electron chi connectivity index (χ0n) is 21.1. The average molecular weight is 492 g/mol. The number of amides is 1. The lowest BCUT2D eigenvalue weighted by atomic mass is 9.46. The monoisotopic (exact) mass is 491 g/mol. The number of ketones is 1. The number of nitrogens with zero attached hydrogens (tertiary/aromatic N) is 2. The van der Waals surface area contributed by atoms with Crippen LogP contribution in [0.2, 0.25) is 0 Å². The van der Waals surface area contributed by atoms with Gasteiger partial charge in [0, 0.05) is 31.5 Å². The van der Waals surface area contributed by atoms with Gasteiger partial charge in [-0.15, -0.1) is 12.4 Å². The third-order valence-electron chi connectivity index (χ3n) is 10.6. The van der Waals surface area contributed by atoms with Crippen molar-refractivity contribution in [1.82, 2.24) is 4.90 Å². The number of carbonyl (C=O) groups excluding carboxylic acids is 2. The molecule has 0 aromatic heterocycles. The van der Waals surface area contributed by atoms with E-state index in [1.807, 2.05) is 6.08 Å². The van der Waals surface area contributed by atoms with Gasteiger partial charge < -0.3 is 10.6 Å². The first-order chi connectivity index (χ1) is 15.8. The Bertz CT molecular complexity index is 888. The summed E-state index contributed by atoms with van der Waals surface area (Å²) in [5, 5.41) is 4.39. The van der Waals surface area contributed by atoms with E-state index in [9.17, 15) is 9.59 Å². The maximum atomic E-state index is 12.6. The van der Waals surface area contributed by atoms with Gasteiger partial charge in [0.05, 0.1) is 5.71 Å². The highest BCUT2D eigenvalue weighted by atomic mass is 35.5. The van der Waals surface area contributed by atoms with Gasteiger partial charge in [0.1, 0.15) is 0 Å². The minimum atomic E-state index is -0.350. The molecule has 1 saturated heterocycles. The standard InChI is InChI=1S/C27H41N3O3.ClH/c1-17(29-33-25(32)30-14-4-5-19(30)16-28)22-8-9-23-21-7-6-18-15-20(31)10-12-26(18,2)24(21)11-13-27(22,23)3;/h15,19,21-24H,4-14,16,28H2,1-3H3;1H/b29-17+;/t19-,21-,22+,23?,24-,26-,27+;/m0./s1. The summed E-state index contributed by atoms with van der Waals surface area (Å²) in [5.74, 6) is 2.82. The van der Waals surface area contributed by atoms with Crippen molar-refractivity contribution in [3.8, 4) is 0 Å². The minimum absolute atomic E-state index is 0. The topological polar surface area (TPSA) is 85.0 Å². The first-order valence-electron chi connectivity index (χ1n) is 13.2. The minimum Gasteiger partial charge on any atom is -0.328 e. The summed E-state index contributed by atoms with van der Waals surface area (Å²) in [6, 6.07) is 0.0818. The molecular formula is C27H42ClN3O3. The number of halogens is 1. The Morgan fingerprint density at radius 3 is 2.71 bits per heavy atom. The molecule has 1 aliphatic heterocycles. The molecular weight excluding hydrogens is 450 g/mol. The van der Waals surface area contributed by atoms with Gasteiger partial charge >= 0.3 is 6.09 Å². The molecule has 2 N–H and O–H groups in total. The molecule has 7 heteroatoms. The lowest BCUT2D eigenvalue weighted by molar-refractivity contribution is -0.117. The van der Waals surface area contributed by atoms with E-state index < -0.39 is 0 Å². The van der Waals surface area contributed by atoms with E-state index in [0.717, 1.165) is 43.7 Å². The van der Waals surface area contributed by atoms with Gasteiger partial charge in [0.25, 0.3) is 0 Å². The third-order valence-corrected chi connectivity index (χ3v) is 10.6. The van der Waals surface area contributed by atoms with Gasteiger partial charge in [-0.2, -0.15) is 0 Å². The van der Waals surface area contributed by atoms with E-state index in [1.165, 1.54) is 31.3 Å². The van der Waals surface area contributed by atoms with Crippen LogP contribution in [0.5, 0.6) is 0 Å². The highest BCUT2D eigenvalue weighted by Crippen LogP contribution is 2.66. The molecule has 1 unspecified atom stereocenters. The molecule has 4 fully saturated rings. The second-order valence-electron chi connectivity index (χ2n) is 12.0. The first-order valence-corrected chi connectivity index (χ1v) is 13.2. The van der Waals surface area contributed by atoms with Crippen molar-refractivity contribution in [2.75, 3.05) is 13.1 Å². The van der Waals surface area contributed by atoms with Crippen molar-refractivity contribution < 1.29 is 14.4 Å². The molecule has 6 nitrogen and oxygen atoms in total. The van der Waals surface area contributed by atoms with Gasteiger partial charge in [-0.1, -0.05) is 24.6 Å². The molecule has 190 valence electrons. The molecule has 4 aliphatic carbocycles. The Morgan fingerprint density at radius 2 is 1.94 bits per heavy atom. The maximum Gasteiger partial charge on any atom is 0.436 e. The number of hydrogen-bond donors (Lipinski definition) is 1. The molecule has 0 bridgehead atoms. The van der Waals surface area contributed by atoms with Crippen LogP contribution in [0.1, 0.15) is 85.0 Å². The quantitative estimate of drug-likeness (QED) is 0.321. The van der Waals surface area contributed by atoms with Crippen LogP contribution in [0.4, 0.5) is 4.79 Å². The smallest absolute Gasteiger partial charge is 0.328 e. The van der Waals surface area contributed by atoms with Gasteiger partial charge in [0.15, 0.2) is 5.78 Å². The van der Waals surface area contributed by atoms with Crippen molar-refractivity contribution in [2.45, 2.75) is 91.0 Å². The summed E-state index contributed by atoms with van der Waals surface area (Å²) >= 11 is 0. The Balaban J connectivity index is 0.00000274. The summed E-state index contributed by atoms with van der Waals surface area (Å²) in [6.07, 6.45) is 12.4. The molecule has 5 rings (SSSR count). The summed E-state index contributed by atoms with van der Waals surface area (Å²) in [6.45, 7) is 8.15. The highest BCUT2D eigenvalue weighted by Gasteiger charge is 2.59. The highest BCUT2D eigenvalue weighted by molar-refractivity contribution is 5.91. The molecule has 0 aromatic carbocycles. The fraction of sp³-hybridized carbons (Fsp3) is 0.815. The van der Waals surface area contributed by atoms with Crippen molar-refractivity contribution in [2.24, 2.45) is 45.4 Å². The zero-order chi connectivity index (χ0) is 23.4. The molecule has 1 heterocycles. The van der Waals surface area contributed by atoms with Crippen LogP contribution in [-0.2, 0) is 9.63 Å². The number of nitrogens with two attached hydrogens (primary N) is 1. The largest absolute Gasteiger partial charge is 0.436 e. The Hall–Kier alpha value is -1.40. The lowest BCUT2D eigenvalue weighted by Crippen LogP contribution is -2.51. The van der Waals surface area contributed by atoms with E-state index in [2.05, 4.69) is 25.9 Å². The summed E-state index contributed by atoms with van der Waals surface area (Å²) < 4.78 is 0. The van der Waals surface area contributed by atoms with Gasteiger partial charge in [-0.3, -0.25) is 9.63 Å². The fourth-order valence-electron chi connectivity index (χ4n) is 8.79. The maximum absolute atomic E-state index is 12.6. The number of oxime groups is 1. The number of fused-ring (bicyclic) bond motifs is 5. The number of hydrogen-bond acceptors (Lipinski definition) is 5. The molecule has 0 spiro atoms. The third kappa shape index (κ3) is 4.03. The average Bonchev–Trinajstić information content (AvgIpc) is 3.41. The SMILES string of the molecule is C/C(=N\OC(=O)N1CCC[C@H]1CN)[C@H]1CCC2[C@@H]3CCC4=CC(=O)CC[C@]4(C)[C@H]3CC[C@@]21C.Cl. The van der Waals surface area contributed by atoms with E-state index in [0.29, 0.717) is 43.0 Å². The van der Waals surface area contributed by atoms with Crippen LogP contribution in [0, 0.1) is 34.5 Å². The van der Waals surface area contributed by atoms with E-state index in [1.54, 1.807) is 4.90 Å². The predicted molar refractivity (Wildman–Crippen MR) is 136 cm³/mol. The first kappa shape index (κ1) is 25.7. The second kappa shape index (κ2) is 9.57. The molecule has 3 saturated carbocycles. The number of carbonyl (C=O) groups is 2. The lowest BCUT2D eigenvalue weighted by Gasteiger charge is -2.58. The van der Waals surface area contributed by atoms with Crippen LogP contribution >= 0.6 is 12.4 Å². The summed E-state index contributed by atoms with van der Waals surface area (Å²) in [5.41, 5.74) is 8.65. The molecule has 34 heavy (non-hydrogen) atoms. The van der Waals surface area contributed by atoms with E-state index >= 15 is 0 Å². The summed E-state index contributed by atoms with van der Waals surface area (Å²) in [4.78, 5) is 31.8. The Kier molecular flexibility index (Phi) is 7.23. The van der Waals surface area contributed by atoms with Crippen LogP contribution in [0.15, 0.2) is 16.8 Å².